The van der Waals surface area contributed by atoms with Crippen LogP contribution in [-0.4, -0.2) is 4.98 Å². The Morgan fingerprint density at radius 1 is 0.771 bits per heavy atom. The van der Waals surface area contributed by atoms with Crippen molar-refractivity contribution in [2.45, 2.75) is 38.5 Å². The fourth-order valence-electron chi connectivity index (χ4n) is 6.34. The third-order valence-corrected chi connectivity index (χ3v) is 7.94. The van der Waals surface area contributed by atoms with Crippen LogP contribution in [0.25, 0.3) is 33.6 Å². The predicted molar refractivity (Wildman–Crippen MR) is 139 cm³/mol. The number of pyridine rings is 3. The summed E-state index contributed by atoms with van der Waals surface area (Å²) < 4.78 is 4.71. The van der Waals surface area contributed by atoms with Gasteiger partial charge >= 0.3 is 0 Å². The summed E-state index contributed by atoms with van der Waals surface area (Å²) in [5, 5.41) is 0. The van der Waals surface area contributed by atoms with E-state index in [-0.39, 0.29) is 0 Å². The van der Waals surface area contributed by atoms with Crippen molar-refractivity contribution >= 4 is 5.57 Å². The summed E-state index contributed by atoms with van der Waals surface area (Å²) in [5.74, 6) is 0. The lowest BCUT2D eigenvalue weighted by Gasteiger charge is -2.29. The van der Waals surface area contributed by atoms with Crippen molar-refractivity contribution in [3.05, 3.63) is 113 Å². The number of fused-ring (bicyclic) bond motifs is 5. The largest absolute Gasteiger partial charge is 0.265 e. The van der Waals surface area contributed by atoms with Gasteiger partial charge in [0.05, 0.1) is 17.7 Å². The van der Waals surface area contributed by atoms with Crippen LogP contribution in [0, 0.1) is 0 Å². The first-order valence-electron chi connectivity index (χ1n) is 12.8. The molecule has 0 unspecified atom stereocenters. The molecule has 0 bridgehead atoms. The maximum absolute atomic E-state index is 4.34. The Morgan fingerprint density at radius 3 is 2.40 bits per heavy atom. The summed E-state index contributed by atoms with van der Waals surface area (Å²) >= 11 is 0. The van der Waals surface area contributed by atoms with Crippen LogP contribution in [0.3, 0.4) is 0 Å². The first-order valence-corrected chi connectivity index (χ1v) is 12.8. The zero-order chi connectivity index (χ0) is 23.4. The topological polar surface area (TPSA) is 20.6 Å². The van der Waals surface area contributed by atoms with Crippen LogP contribution in [0.1, 0.15) is 41.6 Å². The van der Waals surface area contributed by atoms with E-state index < -0.39 is 0 Å². The first-order chi connectivity index (χ1) is 17.3. The highest BCUT2D eigenvalue weighted by Crippen LogP contribution is 2.45. The van der Waals surface area contributed by atoms with Gasteiger partial charge in [-0.25, -0.2) is 4.57 Å². The molecule has 0 aliphatic heterocycles. The molecule has 3 aliphatic carbocycles. The van der Waals surface area contributed by atoms with E-state index in [0.29, 0.717) is 0 Å². The van der Waals surface area contributed by atoms with Gasteiger partial charge in [-0.3, -0.25) is 4.98 Å². The molecule has 0 saturated heterocycles. The van der Waals surface area contributed by atoms with Gasteiger partial charge in [-0.2, -0.15) is 4.57 Å². The van der Waals surface area contributed by atoms with Crippen LogP contribution in [0.2, 0.25) is 0 Å². The number of aromatic nitrogens is 3. The fourth-order valence-corrected chi connectivity index (χ4v) is 6.34. The number of hydrogen-bond acceptors (Lipinski definition) is 1. The Labute approximate surface area is 206 Å². The van der Waals surface area contributed by atoms with Crippen molar-refractivity contribution in [3.63, 3.8) is 0 Å². The molecule has 0 fully saturated rings. The number of rotatable bonds is 2. The second-order valence-electron chi connectivity index (χ2n) is 9.94. The van der Waals surface area contributed by atoms with Gasteiger partial charge in [-0.05, 0) is 67.9 Å². The highest BCUT2D eigenvalue weighted by Gasteiger charge is 2.39. The molecule has 0 amide bonds. The zero-order valence-corrected chi connectivity index (χ0v) is 20.2. The first kappa shape index (κ1) is 20.5. The molecule has 0 saturated carbocycles. The average Bonchev–Trinajstić information content (AvgIpc) is 2.92. The number of hydrogen-bond donors (Lipinski definition) is 0. The van der Waals surface area contributed by atoms with Gasteiger partial charge in [0.2, 0.25) is 17.1 Å². The molecule has 0 spiro atoms. The van der Waals surface area contributed by atoms with Crippen molar-refractivity contribution in [2.75, 3.05) is 0 Å². The van der Waals surface area contributed by atoms with E-state index in [0.717, 1.165) is 32.1 Å². The minimum absolute atomic E-state index is 1.06. The molecule has 3 aromatic heterocycles. The Kier molecular flexibility index (Phi) is 4.76. The van der Waals surface area contributed by atoms with Crippen molar-refractivity contribution in [1.82, 2.24) is 4.98 Å². The minimum Gasteiger partial charge on any atom is -0.265 e. The van der Waals surface area contributed by atoms with Crippen LogP contribution in [-0.2, 0) is 26.3 Å². The molecule has 170 valence electrons. The quantitative estimate of drug-likeness (QED) is 0.357. The molecule has 4 aromatic rings. The van der Waals surface area contributed by atoms with E-state index in [2.05, 4.69) is 94.2 Å². The van der Waals surface area contributed by atoms with Gasteiger partial charge < -0.3 is 0 Å². The van der Waals surface area contributed by atoms with E-state index >= 15 is 0 Å². The Hall–Kier alpha value is -3.85. The summed E-state index contributed by atoms with van der Waals surface area (Å²) in [5.41, 5.74) is 15.6. The lowest BCUT2D eigenvalue weighted by molar-refractivity contribution is -0.673. The summed E-state index contributed by atoms with van der Waals surface area (Å²) in [6.45, 7) is 0. The number of nitrogens with zero attached hydrogens (tertiary/aromatic N) is 3. The van der Waals surface area contributed by atoms with Crippen molar-refractivity contribution < 1.29 is 9.13 Å². The van der Waals surface area contributed by atoms with Gasteiger partial charge in [-0.15, -0.1) is 0 Å². The standard InChI is InChI=1S/C32H29N3/c1-34-20-16-25(17-21-34)35-31-26-8-4-2-6-22(26)10-12-28(31)30(24-14-18-33-19-15-24)29-13-11-23-7-3-5-9-27(23)32(29)35/h2,4-6,8-9,14-21H,3,7,10-13H2,1H3/q+2. The maximum Gasteiger partial charge on any atom is 0.223 e. The molecule has 35 heavy (non-hydrogen) atoms. The normalized spacial score (nSPS) is 15.8. The van der Waals surface area contributed by atoms with E-state index in [9.17, 15) is 0 Å². The van der Waals surface area contributed by atoms with E-state index in [1.54, 1.807) is 5.57 Å². The molecular weight excluding hydrogens is 426 g/mol. The molecule has 0 atom stereocenters. The zero-order valence-electron chi connectivity index (χ0n) is 20.2. The highest BCUT2D eigenvalue weighted by atomic mass is 15.0. The minimum atomic E-state index is 1.06. The lowest BCUT2D eigenvalue weighted by Crippen LogP contribution is -2.43. The van der Waals surface area contributed by atoms with Crippen molar-refractivity contribution in [1.29, 1.82) is 0 Å². The Balaban J connectivity index is 1.68. The SMILES string of the molecule is C[n+]1ccc(-[n+]2c3c(c(-c4ccncc4)c4c2-c2ccccc2CC4)CCC2=C3C=CCC2)cc1. The number of benzene rings is 1. The second kappa shape index (κ2) is 8.13. The van der Waals surface area contributed by atoms with Gasteiger partial charge in [0, 0.05) is 34.7 Å². The maximum atomic E-state index is 4.34. The Morgan fingerprint density at radius 2 is 1.54 bits per heavy atom. The second-order valence-corrected chi connectivity index (χ2v) is 9.94. The van der Waals surface area contributed by atoms with Crippen molar-refractivity contribution in [3.8, 4) is 28.1 Å². The predicted octanol–water partition coefficient (Wildman–Crippen LogP) is 5.67. The lowest BCUT2D eigenvalue weighted by atomic mass is 9.76. The molecule has 3 aliphatic rings. The van der Waals surface area contributed by atoms with Gasteiger partial charge in [-0.1, -0.05) is 35.9 Å². The van der Waals surface area contributed by atoms with E-state index in [1.807, 2.05) is 12.4 Å². The third-order valence-electron chi connectivity index (χ3n) is 7.94. The highest BCUT2D eigenvalue weighted by molar-refractivity contribution is 5.87. The van der Waals surface area contributed by atoms with Gasteiger partial charge in [0.1, 0.15) is 7.05 Å². The summed E-state index contributed by atoms with van der Waals surface area (Å²) in [4.78, 5) is 4.34. The van der Waals surface area contributed by atoms with Gasteiger partial charge in [0.25, 0.3) is 0 Å². The average molecular weight is 456 g/mol. The fraction of sp³-hybridized carbons (Fsp3) is 0.219. The summed E-state index contributed by atoms with van der Waals surface area (Å²) in [7, 11) is 2.09. The van der Waals surface area contributed by atoms with Crippen LogP contribution in [0.5, 0.6) is 0 Å². The van der Waals surface area contributed by atoms with E-state index in [1.165, 1.54) is 62.4 Å². The smallest absolute Gasteiger partial charge is 0.223 e. The molecule has 3 nitrogen and oxygen atoms in total. The summed E-state index contributed by atoms with van der Waals surface area (Å²) in [6, 6.07) is 17.9. The van der Waals surface area contributed by atoms with Gasteiger partial charge in [0.15, 0.2) is 12.4 Å². The van der Waals surface area contributed by atoms with Crippen LogP contribution in [0.15, 0.2) is 91.0 Å². The number of aryl methyl sites for hydroxylation is 2. The van der Waals surface area contributed by atoms with Crippen LogP contribution >= 0.6 is 0 Å². The van der Waals surface area contributed by atoms with Crippen LogP contribution in [0.4, 0.5) is 0 Å². The molecule has 7 rings (SSSR count). The number of allylic oxidation sites excluding steroid dienone is 4. The molecule has 3 heteroatoms. The summed E-state index contributed by atoms with van der Waals surface area (Å²) in [6.07, 6.45) is 19.7. The van der Waals surface area contributed by atoms with E-state index in [4.69, 9.17) is 0 Å². The molecule has 3 heterocycles. The van der Waals surface area contributed by atoms with Crippen molar-refractivity contribution in [2.24, 2.45) is 7.05 Å². The third kappa shape index (κ3) is 3.22. The molecular formula is C32H29N3+2. The molecule has 1 aromatic carbocycles. The molecule has 0 N–H and O–H groups in total. The molecule has 0 radical (unpaired) electrons. The Bertz CT molecular complexity index is 1530. The monoisotopic (exact) mass is 455 g/mol. The van der Waals surface area contributed by atoms with Crippen LogP contribution < -0.4 is 9.13 Å².